The van der Waals surface area contributed by atoms with Crippen LogP contribution in [-0.2, 0) is 11.3 Å². The normalized spacial score (nSPS) is 11.8. The van der Waals surface area contributed by atoms with Crippen molar-refractivity contribution >= 4 is 29.3 Å². The predicted molar refractivity (Wildman–Crippen MR) is 148 cm³/mol. The molecule has 196 valence electrons. The molecule has 2 N–H and O–H groups in total. The Kier molecular flexibility index (Phi) is 9.52. The second-order valence-electron chi connectivity index (χ2n) is 9.27. The molecule has 0 saturated carbocycles. The molecule has 1 aromatic heterocycles. The molecule has 9 heteroatoms. The van der Waals surface area contributed by atoms with E-state index in [0.717, 1.165) is 22.4 Å². The first-order valence-electron chi connectivity index (χ1n) is 12.1. The molecule has 1 unspecified atom stereocenters. The van der Waals surface area contributed by atoms with Gasteiger partial charge < -0.3 is 19.9 Å². The number of nitrogens with one attached hydrogen (secondary N) is 2. The first-order chi connectivity index (χ1) is 17.6. The molecule has 3 aromatic rings. The van der Waals surface area contributed by atoms with E-state index in [2.05, 4.69) is 39.5 Å². The molecular formula is C28H35N5O3S. The Bertz CT molecular complexity index is 1240. The van der Waals surface area contributed by atoms with Crippen LogP contribution in [-0.4, -0.2) is 39.4 Å². The zero-order valence-corrected chi connectivity index (χ0v) is 23.1. The summed E-state index contributed by atoms with van der Waals surface area (Å²) in [6.07, 6.45) is 1.75. The van der Waals surface area contributed by atoms with Crippen LogP contribution >= 0.6 is 11.8 Å². The Morgan fingerprint density at radius 1 is 1.11 bits per heavy atom. The quantitative estimate of drug-likeness (QED) is 0.264. The number of methoxy groups -OCH3 is 1. The molecule has 0 aliphatic rings. The van der Waals surface area contributed by atoms with Gasteiger partial charge in [0.2, 0.25) is 5.91 Å². The number of benzene rings is 2. The maximum atomic E-state index is 13.0. The van der Waals surface area contributed by atoms with Crippen molar-refractivity contribution in [3.8, 4) is 5.75 Å². The highest BCUT2D eigenvalue weighted by Gasteiger charge is 2.26. The molecule has 0 fully saturated rings. The molecule has 2 aromatic carbocycles. The van der Waals surface area contributed by atoms with E-state index in [0.29, 0.717) is 28.8 Å². The van der Waals surface area contributed by atoms with Crippen molar-refractivity contribution in [2.24, 2.45) is 5.92 Å². The third-order valence-electron chi connectivity index (χ3n) is 5.91. The Hall–Kier alpha value is -3.59. The molecule has 0 radical (unpaired) electrons. The minimum absolute atomic E-state index is 0.0450. The summed E-state index contributed by atoms with van der Waals surface area (Å²) in [5.41, 5.74) is 4.58. The van der Waals surface area contributed by atoms with Crippen molar-refractivity contribution < 1.29 is 14.3 Å². The number of aryl methyl sites for hydroxylation is 3. The summed E-state index contributed by atoms with van der Waals surface area (Å²) in [6, 6.07) is 10.7. The number of ether oxygens (including phenoxy) is 1. The van der Waals surface area contributed by atoms with Crippen LogP contribution in [0.5, 0.6) is 5.75 Å². The number of amides is 2. The summed E-state index contributed by atoms with van der Waals surface area (Å²) < 4.78 is 7.07. The lowest BCUT2D eigenvalue weighted by Gasteiger charge is -2.22. The monoisotopic (exact) mass is 521 g/mol. The molecule has 2 amide bonds. The van der Waals surface area contributed by atoms with E-state index < -0.39 is 0 Å². The van der Waals surface area contributed by atoms with Crippen LogP contribution in [0, 0.1) is 26.7 Å². The number of carbonyl (C=O) groups excluding carboxylic acids is 2. The van der Waals surface area contributed by atoms with Gasteiger partial charge in [-0.05, 0) is 62.1 Å². The molecule has 0 aliphatic heterocycles. The minimum atomic E-state index is -0.386. The topological polar surface area (TPSA) is 98.1 Å². The fourth-order valence-corrected chi connectivity index (χ4v) is 4.87. The van der Waals surface area contributed by atoms with E-state index in [4.69, 9.17) is 4.74 Å². The van der Waals surface area contributed by atoms with Crippen molar-refractivity contribution in [2.75, 3.05) is 18.2 Å². The number of carbonyl (C=O) groups is 2. The number of thioether (sulfide) groups is 1. The summed E-state index contributed by atoms with van der Waals surface area (Å²) >= 11 is 1.30. The Balaban J connectivity index is 1.76. The van der Waals surface area contributed by atoms with Gasteiger partial charge in [0.1, 0.15) is 5.75 Å². The van der Waals surface area contributed by atoms with E-state index in [-0.39, 0.29) is 29.5 Å². The second-order valence-corrected chi connectivity index (χ2v) is 10.2. The number of hydrogen-bond acceptors (Lipinski definition) is 6. The van der Waals surface area contributed by atoms with Gasteiger partial charge in [-0.2, -0.15) is 0 Å². The number of anilines is 1. The number of nitrogens with zero attached hydrogens (tertiary/aromatic N) is 3. The fraction of sp³-hybridized carbons (Fsp3) is 0.357. The number of hydrogen-bond donors (Lipinski definition) is 2. The first kappa shape index (κ1) is 28.0. The lowest BCUT2D eigenvalue weighted by atomic mass is 10.0. The van der Waals surface area contributed by atoms with Gasteiger partial charge in [-0.3, -0.25) is 9.59 Å². The molecular weight excluding hydrogens is 486 g/mol. The molecule has 0 saturated heterocycles. The van der Waals surface area contributed by atoms with Gasteiger partial charge >= 0.3 is 0 Å². The van der Waals surface area contributed by atoms with E-state index in [1.165, 1.54) is 11.8 Å². The number of rotatable bonds is 11. The van der Waals surface area contributed by atoms with Crippen LogP contribution in [0.3, 0.4) is 0 Å². The Morgan fingerprint density at radius 2 is 1.76 bits per heavy atom. The Morgan fingerprint density at radius 3 is 2.32 bits per heavy atom. The molecule has 1 heterocycles. The highest BCUT2D eigenvalue weighted by atomic mass is 32.2. The predicted octanol–water partition coefficient (Wildman–Crippen LogP) is 5.26. The lowest BCUT2D eigenvalue weighted by molar-refractivity contribution is -0.113. The molecule has 0 spiro atoms. The molecule has 0 bridgehead atoms. The SMILES string of the molecule is C=CCn1c(SCC(=O)Nc2c(C)cc(C)cc2C)nnc1C(NC(=O)c1ccc(OC)cc1)C(C)C. The average molecular weight is 522 g/mol. The molecule has 37 heavy (non-hydrogen) atoms. The maximum Gasteiger partial charge on any atom is 0.251 e. The van der Waals surface area contributed by atoms with Gasteiger partial charge in [-0.15, -0.1) is 16.8 Å². The smallest absolute Gasteiger partial charge is 0.251 e. The van der Waals surface area contributed by atoms with Gasteiger partial charge in [0.15, 0.2) is 11.0 Å². The van der Waals surface area contributed by atoms with Crippen LogP contribution in [0.25, 0.3) is 0 Å². The maximum absolute atomic E-state index is 13.0. The largest absolute Gasteiger partial charge is 0.497 e. The van der Waals surface area contributed by atoms with Crippen LogP contribution in [0.15, 0.2) is 54.2 Å². The van der Waals surface area contributed by atoms with Crippen molar-refractivity contribution in [1.29, 1.82) is 0 Å². The summed E-state index contributed by atoms with van der Waals surface area (Å²) in [6.45, 7) is 14.3. The van der Waals surface area contributed by atoms with Crippen LogP contribution in [0.2, 0.25) is 0 Å². The standard InChI is InChI=1S/C28H35N5O3S/c1-8-13-33-26(24(17(2)3)30-27(35)21-9-11-22(36-7)12-10-21)31-32-28(33)37-16-23(34)29-25-19(5)14-18(4)15-20(25)6/h8-12,14-15,17,24H,1,13,16H2,2-7H3,(H,29,34)(H,30,35). The van der Waals surface area contributed by atoms with Crippen LogP contribution < -0.4 is 15.4 Å². The number of aromatic nitrogens is 3. The summed E-state index contributed by atoms with van der Waals surface area (Å²) in [7, 11) is 1.58. The summed E-state index contributed by atoms with van der Waals surface area (Å²) in [4.78, 5) is 25.8. The van der Waals surface area contributed by atoms with Crippen LogP contribution in [0.1, 0.15) is 52.8 Å². The van der Waals surface area contributed by atoms with Crippen molar-refractivity contribution in [3.05, 3.63) is 77.1 Å². The summed E-state index contributed by atoms with van der Waals surface area (Å²) in [5, 5.41) is 15.5. The van der Waals surface area contributed by atoms with Crippen molar-refractivity contribution in [2.45, 2.75) is 52.4 Å². The van der Waals surface area contributed by atoms with Gasteiger partial charge in [-0.1, -0.05) is 49.4 Å². The fourth-order valence-electron chi connectivity index (χ4n) is 4.12. The van der Waals surface area contributed by atoms with Gasteiger partial charge in [-0.25, -0.2) is 0 Å². The average Bonchev–Trinajstić information content (AvgIpc) is 3.25. The van der Waals surface area contributed by atoms with Crippen molar-refractivity contribution in [1.82, 2.24) is 20.1 Å². The molecule has 1 atom stereocenters. The third kappa shape index (κ3) is 7.01. The van der Waals surface area contributed by atoms with Gasteiger partial charge in [0, 0.05) is 17.8 Å². The third-order valence-corrected chi connectivity index (χ3v) is 6.88. The zero-order chi connectivity index (χ0) is 27.1. The summed E-state index contributed by atoms with van der Waals surface area (Å²) in [5.74, 6) is 1.18. The molecule has 3 rings (SSSR count). The molecule has 8 nitrogen and oxygen atoms in total. The van der Waals surface area contributed by atoms with E-state index in [9.17, 15) is 9.59 Å². The van der Waals surface area contributed by atoms with Crippen molar-refractivity contribution in [3.63, 3.8) is 0 Å². The zero-order valence-electron chi connectivity index (χ0n) is 22.3. The lowest BCUT2D eigenvalue weighted by Crippen LogP contribution is -2.33. The van der Waals surface area contributed by atoms with E-state index in [1.807, 2.05) is 39.2 Å². The van der Waals surface area contributed by atoms with Gasteiger partial charge in [0.25, 0.3) is 5.91 Å². The highest BCUT2D eigenvalue weighted by molar-refractivity contribution is 7.99. The molecule has 0 aliphatic carbocycles. The van der Waals surface area contributed by atoms with E-state index >= 15 is 0 Å². The van der Waals surface area contributed by atoms with E-state index in [1.54, 1.807) is 37.5 Å². The van der Waals surface area contributed by atoms with Gasteiger partial charge in [0.05, 0.1) is 18.9 Å². The highest BCUT2D eigenvalue weighted by Crippen LogP contribution is 2.27. The van der Waals surface area contributed by atoms with Crippen LogP contribution in [0.4, 0.5) is 5.69 Å². The minimum Gasteiger partial charge on any atom is -0.497 e. The first-order valence-corrected chi connectivity index (χ1v) is 13.1. The Labute approximate surface area is 222 Å². The number of allylic oxidation sites excluding steroid dienone is 1. The second kappa shape index (κ2) is 12.6.